The van der Waals surface area contributed by atoms with Crippen molar-refractivity contribution in [3.63, 3.8) is 0 Å². The number of aryl methyl sites for hydroxylation is 2. The molecule has 1 saturated heterocycles. The average Bonchev–Trinajstić information content (AvgIpc) is 2.61. The third-order valence-electron chi connectivity index (χ3n) is 3.72. The lowest BCUT2D eigenvalue weighted by Crippen LogP contribution is -2.30. The molecule has 18 heavy (non-hydrogen) atoms. The molecule has 1 aromatic carbocycles. The predicted molar refractivity (Wildman–Crippen MR) is 71.2 cm³/mol. The van der Waals surface area contributed by atoms with E-state index in [2.05, 4.69) is 13.8 Å². The monoisotopic (exact) mass is 247 g/mol. The van der Waals surface area contributed by atoms with Crippen molar-refractivity contribution < 1.29 is 9.90 Å². The molecule has 1 aromatic rings. The Morgan fingerprint density at radius 3 is 2.67 bits per heavy atom. The molecule has 1 aliphatic rings. The van der Waals surface area contributed by atoms with Gasteiger partial charge in [0.1, 0.15) is 0 Å². The second-order valence-electron chi connectivity index (χ2n) is 5.47. The average molecular weight is 247 g/mol. The van der Waals surface area contributed by atoms with E-state index in [9.17, 15) is 9.90 Å². The number of aliphatic hydroxyl groups is 1. The molecule has 0 aliphatic carbocycles. The first-order valence-corrected chi connectivity index (χ1v) is 6.50. The fourth-order valence-electron chi connectivity index (χ4n) is 2.43. The summed E-state index contributed by atoms with van der Waals surface area (Å²) >= 11 is 0. The summed E-state index contributed by atoms with van der Waals surface area (Å²) in [5, 5.41) is 10.2. The van der Waals surface area contributed by atoms with Gasteiger partial charge in [0.15, 0.2) is 0 Å². The van der Waals surface area contributed by atoms with Gasteiger partial charge in [0.25, 0.3) is 0 Å². The van der Waals surface area contributed by atoms with Crippen LogP contribution in [0, 0.1) is 19.8 Å². The molecule has 2 unspecified atom stereocenters. The van der Waals surface area contributed by atoms with Crippen molar-refractivity contribution in [3.05, 3.63) is 34.9 Å². The summed E-state index contributed by atoms with van der Waals surface area (Å²) in [6.45, 7) is 7.33. The highest BCUT2D eigenvalue weighted by molar-refractivity contribution is 5.78. The molecule has 3 heteroatoms. The summed E-state index contributed by atoms with van der Waals surface area (Å²) in [6.07, 6.45) is 0.0261. The van der Waals surface area contributed by atoms with Gasteiger partial charge in [-0.1, -0.05) is 25.1 Å². The van der Waals surface area contributed by atoms with Crippen LogP contribution in [0.2, 0.25) is 0 Å². The van der Waals surface area contributed by atoms with Crippen LogP contribution in [0.15, 0.2) is 18.2 Å². The molecule has 1 fully saturated rings. The highest BCUT2D eigenvalue weighted by atomic mass is 16.3. The van der Waals surface area contributed by atoms with Crippen LogP contribution in [0.3, 0.4) is 0 Å². The zero-order valence-electron chi connectivity index (χ0n) is 11.3. The van der Waals surface area contributed by atoms with Crippen molar-refractivity contribution in [2.24, 2.45) is 5.92 Å². The zero-order valence-corrected chi connectivity index (χ0v) is 11.3. The first-order valence-electron chi connectivity index (χ1n) is 6.50. The van der Waals surface area contributed by atoms with Gasteiger partial charge in [0, 0.05) is 13.0 Å². The number of hydrogen-bond acceptors (Lipinski definition) is 2. The Kier molecular flexibility index (Phi) is 3.71. The van der Waals surface area contributed by atoms with Crippen LogP contribution in [0.5, 0.6) is 0 Å². The van der Waals surface area contributed by atoms with Gasteiger partial charge in [0.2, 0.25) is 5.91 Å². The Bertz CT molecular complexity index is 456. The van der Waals surface area contributed by atoms with Gasteiger partial charge >= 0.3 is 0 Å². The van der Waals surface area contributed by atoms with Gasteiger partial charge < -0.3 is 10.0 Å². The molecule has 1 heterocycles. The maximum absolute atomic E-state index is 11.7. The molecular formula is C15H21NO2. The molecule has 0 radical (unpaired) electrons. The number of carbonyl (C=O) groups excluding carboxylic acids is 1. The Morgan fingerprint density at radius 1 is 1.39 bits per heavy atom. The maximum atomic E-state index is 11.7. The first-order chi connectivity index (χ1) is 8.47. The van der Waals surface area contributed by atoms with Crippen molar-refractivity contribution in [1.29, 1.82) is 0 Å². The van der Waals surface area contributed by atoms with Crippen molar-refractivity contribution in [1.82, 2.24) is 4.90 Å². The molecule has 1 N–H and O–H groups in total. The molecule has 98 valence electrons. The Morgan fingerprint density at radius 2 is 2.11 bits per heavy atom. The van der Waals surface area contributed by atoms with Crippen LogP contribution in [0.1, 0.15) is 36.1 Å². The Labute approximate surface area is 108 Å². The fraction of sp³-hybridized carbons (Fsp3) is 0.533. The molecule has 3 nitrogen and oxygen atoms in total. The van der Waals surface area contributed by atoms with Gasteiger partial charge in [-0.15, -0.1) is 0 Å². The number of aliphatic hydroxyl groups excluding tert-OH is 1. The van der Waals surface area contributed by atoms with Crippen LogP contribution in [-0.2, 0) is 4.79 Å². The van der Waals surface area contributed by atoms with Gasteiger partial charge in [-0.2, -0.15) is 0 Å². The van der Waals surface area contributed by atoms with Crippen molar-refractivity contribution in [2.75, 3.05) is 13.1 Å². The van der Waals surface area contributed by atoms with E-state index in [0.29, 0.717) is 18.9 Å². The molecule has 0 bridgehead atoms. The minimum absolute atomic E-state index is 0.158. The van der Waals surface area contributed by atoms with E-state index in [-0.39, 0.29) is 5.91 Å². The fourth-order valence-corrected chi connectivity index (χ4v) is 2.43. The minimum Gasteiger partial charge on any atom is -0.387 e. The summed E-state index contributed by atoms with van der Waals surface area (Å²) in [5.74, 6) is 0.565. The number of hydrogen-bond donors (Lipinski definition) is 1. The Balaban J connectivity index is 2.05. The number of β-amino-alcohol motifs (C(OH)–C–C–N with tert-alkyl or cyclic N) is 1. The Hall–Kier alpha value is -1.35. The van der Waals surface area contributed by atoms with Gasteiger partial charge in [0.05, 0.1) is 12.6 Å². The number of rotatable bonds is 3. The second kappa shape index (κ2) is 5.11. The lowest BCUT2D eigenvalue weighted by atomic mass is 10.0. The number of amides is 1. The number of nitrogens with zero attached hydrogens (tertiary/aromatic N) is 1. The second-order valence-corrected chi connectivity index (χ2v) is 5.47. The third-order valence-corrected chi connectivity index (χ3v) is 3.72. The summed E-state index contributed by atoms with van der Waals surface area (Å²) in [6, 6.07) is 5.96. The van der Waals surface area contributed by atoms with E-state index >= 15 is 0 Å². The molecule has 0 aromatic heterocycles. The van der Waals surface area contributed by atoms with Crippen LogP contribution >= 0.6 is 0 Å². The standard InChI is InChI=1S/C15H21NO2/c1-10-6-15(18)16(8-10)9-14(17)13-5-4-11(2)12(3)7-13/h4-5,7,10,14,17H,6,8-9H2,1-3H3. The number of carbonyl (C=O) groups is 1. The quantitative estimate of drug-likeness (QED) is 0.889. The third kappa shape index (κ3) is 2.72. The van der Waals surface area contributed by atoms with Gasteiger partial charge in [-0.25, -0.2) is 0 Å². The number of benzene rings is 1. The van der Waals surface area contributed by atoms with Crippen LogP contribution < -0.4 is 0 Å². The van der Waals surface area contributed by atoms with E-state index in [1.165, 1.54) is 11.1 Å². The largest absolute Gasteiger partial charge is 0.387 e. The van der Waals surface area contributed by atoms with Crippen LogP contribution in [0.25, 0.3) is 0 Å². The molecule has 0 spiro atoms. The predicted octanol–water partition coefficient (Wildman–Crippen LogP) is 2.21. The van der Waals surface area contributed by atoms with Crippen molar-refractivity contribution >= 4 is 5.91 Å². The summed E-state index contributed by atoms with van der Waals surface area (Å²) in [5.41, 5.74) is 3.29. The molecule has 1 aliphatic heterocycles. The summed E-state index contributed by atoms with van der Waals surface area (Å²) < 4.78 is 0. The van der Waals surface area contributed by atoms with E-state index in [1.807, 2.05) is 25.1 Å². The van der Waals surface area contributed by atoms with E-state index in [0.717, 1.165) is 12.1 Å². The topological polar surface area (TPSA) is 40.5 Å². The lowest BCUT2D eigenvalue weighted by molar-refractivity contribution is -0.128. The normalized spacial score (nSPS) is 21.4. The molecule has 2 rings (SSSR count). The van der Waals surface area contributed by atoms with Crippen molar-refractivity contribution in [2.45, 2.75) is 33.3 Å². The lowest BCUT2D eigenvalue weighted by Gasteiger charge is -2.21. The molecular weight excluding hydrogens is 226 g/mol. The van der Waals surface area contributed by atoms with E-state index < -0.39 is 6.10 Å². The van der Waals surface area contributed by atoms with Crippen LogP contribution in [-0.4, -0.2) is 29.0 Å². The van der Waals surface area contributed by atoms with E-state index in [1.54, 1.807) is 4.90 Å². The van der Waals surface area contributed by atoms with Crippen LogP contribution in [0.4, 0.5) is 0 Å². The SMILES string of the molecule is Cc1ccc(C(O)CN2CC(C)CC2=O)cc1C. The van der Waals surface area contributed by atoms with Gasteiger partial charge in [-0.05, 0) is 36.5 Å². The highest BCUT2D eigenvalue weighted by Gasteiger charge is 2.28. The zero-order chi connectivity index (χ0) is 13.3. The molecule has 0 saturated carbocycles. The first kappa shape index (κ1) is 13.1. The molecule has 1 amide bonds. The summed E-state index contributed by atoms with van der Waals surface area (Å²) in [4.78, 5) is 13.5. The highest BCUT2D eigenvalue weighted by Crippen LogP contribution is 2.22. The molecule has 2 atom stereocenters. The minimum atomic E-state index is -0.585. The van der Waals surface area contributed by atoms with Gasteiger partial charge in [-0.3, -0.25) is 4.79 Å². The van der Waals surface area contributed by atoms with E-state index in [4.69, 9.17) is 0 Å². The maximum Gasteiger partial charge on any atom is 0.223 e. The number of likely N-dealkylation sites (tertiary alicyclic amines) is 1. The summed E-state index contributed by atoms with van der Waals surface area (Å²) in [7, 11) is 0. The van der Waals surface area contributed by atoms with Crippen molar-refractivity contribution in [3.8, 4) is 0 Å². The smallest absolute Gasteiger partial charge is 0.223 e.